The highest BCUT2D eigenvalue weighted by Crippen LogP contribution is 2.53. The van der Waals surface area contributed by atoms with Crippen molar-refractivity contribution in [3.05, 3.63) is 94.8 Å². The van der Waals surface area contributed by atoms with Crippen LogP contribution in [0.15, 0.2) is 60.0 Å². The van der Waals surface area contributed by atoms with E-state index in [1.54, 1.807) is 25.2 Å². The van der Waals surface area contributed by atoms with Crippen molar-refractivity contribution in [1.29, 1.82) is 5.26 Å². The minimum absolute atomic E-state index is 0.0266. The van der Waals surface area contributed by atoms with Crippen molar-refractivity contribution >= 4 is 11.8 Å². The van der Waals surface area contributed by atoms with Crippen LogP contribution in [0.1, 0.15) is 91.0 Å². The number of nitrogens with one attached hydrogen (secondary N) is 1. The molecule has 5 unspecified atom stereocenters. The lowest BCUT2D eigenvalue weighted by atomic mass is 9.68. The first kappa shape index (κ1) is 38.3. The Morgan fingerprint density at radius 3 is 2.32 bits per heavy atom. The number of benzene rings is 2. The predicted octanol–water partition coefficient (Wildman–Crippen LogP) is 5.75. The van der Waals surface area contributed by atoms with E-state index in [1.165, 1.54) is 23.9 Å². The normalized spacial score (nSPS) is 23.2. The number of rotatable bonds is 8. The Balaban J connectivity index is 0.000000637. The lowest BCUT2D eigenvalue weighted by molar-refractivity contribution is -0.131. The molecule has 0 bridgehead atoms. The number of fused-ring (bicyclic) bond motifs is 3. The van der Waals surface area contributed by atoms with Crippen LogP contribution in [0.25, 0.3) is 0 Å². The van der Waals surface area contributed by atoms with Gasteiger partial charge in [0.05, 0.1) is 12.6 Å². The maximum atomic E-state index is 13.4. The van der Waals surface area contributed by atoms with Crippen LogP contribution in [0.5, 0.6) is 0 Å². The molecule has 1 N–H and O–H groups in total. The maximum Gasteiger partial charge on any atom is 0.253 e. The number of nitriles is 1. The molecule has 10 nitrogen and oxygen atoms in total. The van der Waals surface area contributed by atoms with Crippen LogP contribution in [-0.4, -0.2) is 89.6 Å². The van der Waals surface area contributed by atoms with Crippen molar-refractivity contribution < 1.29 is 14.0 Å². The van der Waals surface area contributed by atoms with Gasteiger partial charge in [0.1, 0.15) is 11.5 Å². The largest absolute Gasteiger partial charge is 0.427 e. The number of aromatic nitrogens is 2. The number of carbonyl (C=O) groups is 2. The van der Waals surface area contributed by atoms with Crippen LogP contribution in [0, 0.1) is 30.1 Å². The van der Waals surface area contributed by atoms with E-state index in [1.807, 2.05) is 42.1 Å². The average molecular weight is 682 g/mol. The zero-order valence-corrected chi connectivity index (χ0v) is 31.4. The number of likely N-dealkylation sites (tertiary alicyclic amines) is 1. The number of amides is 2. The van der Waals surface area contributed by atoms with E-state index < -0.39 is 5.41 Å². The van der Waals surface area contributed by atoms with Gasteiger partial charge >= 0.3 is 0 Å². The van der Waals surface area contributed by atoms with Gasteiger partial charge in [0.15, 0.2) is 0 Å². The van der Waals surface area contributed by atoms with Crippen LogP contribution in [0.4, 0.5) is 0 Å². The molecule has 2 aromatic carbocycles. The summed E-state index contributed by atoms with van der Waals surface area (Å²) in [6.45, 7) is 14.2. The lowest BCUT2D eigenvalue weighted by Gasteiger charge is -2.36. The SMILES string of the molecule is C=CN(C)C.CCC.Cc1ccc2c(c1)CCc1cc(C(=O)N(C)C)ccc1C2(C[C@@H](C)NCC(=O)N1C(C#N)CC2C(C)C21)c1nnco1. The zero-order chi connectivity index (χ0) is 36.7. The standard InChI is InChI=1S/C33H38N6O3.C4H9N.C3H8/c1-19-6-10-27-22(12-19)7-8-23-13-24(31(41)38(4)5)9-11-28(23)33(27,32-37-36-18-42-32)15-20(2)35-17-29(40)39-25(16-34)14-26-21(3)30(26)39;1-4-5(2)3;1-3-2/h6,9-13,18,20-21,25-26,30,35H,7-8,14-15,17H2,1-5H3;4H,1H2,2-3H3;3H2,1-2H3/t20-,21?,25?,26?,30?,33?;;/m1../s1. The summed E-state index contributed by atoms with van der Waals surface area (Å²) in [6, 6.07) is 14.5. The van der Waals surface area contributed by atoms with E-state index in [-0.39, 0.29) is 36.5 Å². The molecule has 1 aromatic heterocycles. The number of aryl methyl sites for hydroxylation is 3. The van der Waals surface area contributed by atoms with Gasteiger partial charge in [0, 0.05) is 45.8 Å². The van der Waals surface area contributed by atoms with Gasteiger partial charge in [-0.1, -0.05) is 63.6 Å². The molecule has 2 fully saturated rings. The molecule has 1 saturated carbocycles. The van der Waals surface area contributed by atoms with Crippen molar-refractivity contribution in [2.75, 3.05) is 34.7 Å². The van der Waals surface area contributed by atoms with E-state index in [0.717, 1.165) is 36.0 Å². The Labute approximate surface area is 298 Å². The Bertz CT molecular complexity index is 1680. The molecule has 0 radical (unpaired) electrons. The fourth-order valence-corrected chi connectivity index (χ4v) is 7.52. The summed E-state index contributed by atoms with van der Waals surface area (Å²) in [7, 11) is 7.39. The molecule has 10 heteroatoms. The Morgan fingerprint density at radius 1 is 1.14 bits per heavy atom. The van der Waals surface area contributed by atoms with Crippen molar-refractivity contribution in [2.45, 2.75) is 90.3 Å². The third kappa shape index (κ3) is 7.94. The zero-order valence-electron chi connectivity index (χ0n) is 31.4. The highest BCUT2D eigenvalue weighted by Gasteiger charge is 2.60. The van der Waals surface area contributed by atoms with Gasteiger partial charge in [-0.15, -0.1) is 10.2 Å². The molecular weight excluding hydrogens is 626 g/mol. The van der Waals surface area contributed by atoms with Crippen molar-refractivity contribution in [2.24, 2.45) is 11.8 Å². The third-order valence-electron chi connectivity index (χ3n) is 10.0. The van der Waals surface area contributed by atoms with Crippen LogP contribution < -0.4 is 5.32 Å². The maximum absolute atomic E-state index is 13.4. The van der Waals surface area contributed by atoms with Crippen LogP contribution >= 0.6 is 0 Å². The molecule has 0 spiro atoms. The van der Waals surface area contributed by atoms with Crippen molar-refractivity contribution in [3.8, 4) is 6.07 Å². The number of nitrogens with zero attached hydrogens (tertiary/aromatic N) is 6. The number of carbonyl (C=O) groups excluding carboxylic acids is 2. The molecule has 3 aliphatic rings. The lowest BCUT2D eigenvalue weighted by Crippen LogP contribution is -2.47. The molecule has 50 heavy (non-hydrogen) atoms. The summed E-state index contributed by atoms with van der Waals surface area (Å²) >= 11 is 0. The van der Waals surface area contributed by atoms with E-state index >= 15 is 0 Å². The van der Waals surface area contributed by atoms with Crippen LogP contribution in [-0.2, 0) is 23.1 Å². The van der Waals surface area contributed by atoms with E-state index in [0.29, 0.717) is 29.7 Å². The topological polar surface area (TPSA) is 119 Å². The molecular formula is C40H55N7O3. The summed E-state index contributed by atoms with van der Waals surface area (Å²) in [6.07, 6.45) is 7.27. The van der Waals surface area contributed by atoms with Gasteiger partial charge < -0.3 is 24.4 Å². The summed E-state index contributed by atoms with van der Waals surface area (Å²) in [5.41, 5.74) is 5.42. The minimum atomic E-state index is -0.792. The number of hydrogen-bond donors (Lipinski definition) is 1. The quantitative estimate of drug-likeness (QED) is 0.320. The first-order valence-corrected chi connectivity index (χ1v) is 17.8. The molecule has 2 amide bonds. The van der Waals surface area contributed by atoms with Crippen LogP contribution in [0.2, 0.25) is 0 Å². The Kier molecular flexibility index (Phi) is 12.6. The van der Waals surface area contributed by atoms with Gasteiger partial charge in [0.2, 0.25) is 18.2 Å². The summed E-state index contributed by atoms with van der Waals surface area (Å²) in [5, 5.41) is 21.7. The van der Waals surface area contributed by atoms with E-state index in [4.69, 9.17) is 4.42 Å². The van der Waals surface area contributed by atoms with E-state index in [2.05, 4.69) is 81.0 Å². The van der Waals surface area contributed by atoms with Gasteiger partial charge in [-0.25, -0.2) is 0 Å². The molecule has 6 rings (SSSR count). The summed E-state index contributed by atoms with van der Waals surface area (Å²) in [4.78, 5) is 31.6. The number of hydrogen-bond acceptors (Lipinski definition) is 8. The third-order valence-corrected chi connectivity index (χ3v) is 10.0. The Hall–Kier alpha value is -4.49. The molecule has 6 atom stereocenters. The monoisotopic (exact) mass is 681 g/mol. The van der Waals surface area contributed by atoms with Gasteiger partial charge in [-0.2, -0.15) is 5.26 Å². The first-order valence-electron chi connectivity index (χ1n) is 17.8. The second-order valence-corrected chi connectivity index (χ2v) is 14.4. The molecule has 268 valence electrons. The second kappa shape index (κ2) is 16.5. The predicted molar refractivity (Wildman–Crippen MR) is 196 cm³/mol. The van der Waals surface area contributed by atoms with Crippen LogP contribution in [0.3, 0.4) is 0 Å². The molecule has 2 heterocycles. The minimum Gasteiger partial charge on any atom is -0.427 e. The smallest absolute Gasteiger partial charge is 0.253 e. The first-order chi connectivity index (χ1) is 23.8. The van der Waals surface area contributed by atoms with Gasteiger partial charge in [-0.3, -0.25) is 9.59 Å². The van der Waals surface area contributed by atoms with Crippen molar-refractivity contribution in [1.82, 2.24) is 30.2 Å². The molecule has 3 aromatic rings. The molecule has 1 saturated heterocycles. The summed E-state index contributed by atoms with van der Waals surface area (Å²) in [5.74, 6) is 1.33. The fraction of sp³-hybridized carbons (Fsp3) is 0.525. The molecule has 1 aliphatic heterocycles. The fourth-order valence-electron chi connectivity index (χ4n) is 7.52. The van der Waals surface area contributed by atoms with Gasteiger partial charge in [-0.05, 0) is 92.0 Å². The Morgan fingerprint density at radius 2 is 1.76 bits per heavy atom. The van der Waals surface area contributed by atoms with Crippen molar-refractivity contribution in [3.63, 3.8) is 0 Å². The van der Waals surface area contributed by atoms with Gasteiger partial charge in [0.25, 0.3) is 5.91 Å². The molecule has 2 aliphatic carbocycles. The van der Waals surface area contributed by atoms with E-state index in [9.17, 15) is 14.9 Å². The highest BCUT2D eigenvalue weighted by atomic mass is 16.4. The highest BCUT2D eigenvalue weighted by molar-refractivity contribution is 5.94. The summed E-state index contributed by atoms with van der Waals surface area (Å²) < 4.78 is 6.02. The average Bonchev–Trinajstić information content (AvgIpc) is 3.44. The number of piperidine rings is 1. The second-order valence-electron chi connectivity index (χ2n) is 14.4.